The molecule has 0 aromatic carbocycles. The molecule has 0 amide bonds. The highest BCUT2D eigenvalue weighted by atomic mass is 32.1. The molecule has 23 heavy (non-hydrogen) atoms. The SMILES string of the molecule is O=C(S)CCCC(=O)OCCOCCOC(=O)CCCC(=O)S. The Balaban J connectivity index is 3.35. The number of rotatable bonds is 14. The largest absolute Gasteiger partial charge is 0.463 e. The fourth-order valence-electron chi connectivity index (χ4n) is 1.44. The van der Waals surface area contributed by atoms with E-state index in [1.54, 1.807) is 0 Å². The summed E-state index contributed by atoms with van der Waals surface area (Å²) >= 11 is 7.19. The maximum absolute atomic E-state index is 11.2. The number of carbonyl (C=O) groups excluding carboxylic acids is 4. The Hall–Kier alpha value is -1.06. The van der Waals surface area contributed by atoms with Crippen molar-refractivity contribution in [2.24, 2.45) is 0 Å². The lowest BCUT2D eigenvalue weighted by molar-refractivity contribution is -0.146. The molecule has 0 spiro atoms. The summed E-state index contributed by atoms with van der Waals surface area (Å²) in [7, 11) is 0. The first-order chi connectivity index (χ1) is 10.9. The van der Waals surface area contributed by atoms with E-state index in [0.717, 1.165) is 0 Å². The van der Waals surface area contributed by atoms with Gasteiger partial charge in [-0.3, -0.25) is 19.2 Å². The first-order valence-electron chi connectivity index (χ1n) is 7.24. The van der Waals surface area contributed by atoms with Crippen molar-refractivity contribution in [3.05, 3.63) is 0 Å². The van der Waals surface area contributed by atoms with E-state index in [9.17, 15) is 19.2 Å². The maximum Gasteiger partial charge on any atom is 0.305 e. The van der Waals surface area contributed by atoms with Crippen molar-refractivity contribution in [3.63, 3.8) is 0 Å². The predicted molar refractivity (Wildman–Crippen MR) is 88.4 cm³/mol. The number of hydrogen-bond donors (Lipinski definition) is 2. The highest BCUT2D eigenvalue weighted by molar-refractivity contribution is 7.96. The van der Waals surface area contributed by atoms with Crippen molar-refractivity contribution in [1.82, 2.24) is 0 Å². The zero-order valence-corrected chi connectivity index (χ0v) is 14.6. The minimum atomic E-state index is -0.395. The Morgan fingerprint density at radius 1 is 0.609 bits per heavy atom. The summed E-state index contributed by atoms with van der Waals surface area (Å²) in [6, 6.07) is 0. The van der Waals surface area contributed by atoms with Crippen LogP contribution < -0.4 is 0 Å². The number of esters is 2. The smallest absolute Gasteiger partial charge is 0.305 e. The molecular weight excluding hydrogens is 344 g/mol. The van der Waals surface area contributed by atoms with E-state index < -0.39 is 11.9 Å². The van der Waals surface area contributed by atoms with Crippen molar-refractivity contribution in [2.45, 2.75) is 38.5 Å². The average molecular weight is 366 g/mol. The first-order valence-corrected chi connectivity index (χ1v) is 8.14. The molecule has 0 aliphatic heterocycles. The summed E-state index contributed by atoms with van der Waals surface area (Å²) in [4.78, 5) is 43.6. The van der Waals surface area contributed by atoms with E-state index in [1.807, 2.05) is 0 Å². The lowest BCUT2D eigenvalue weighted by Crippen LogP contribution is -2.14. The molecule has 0 aliphatic carbocycles. The van der Waals surface area contributed by atoms with Crippen molar-refractivity contribution >= 4 is 47.4 Å². The van der Waals surface area contributed by atoms with Gasteiger partial charge in [-0.15, -0.1) is 25.3 Å². The molecule has 0 rings (SSSR count). The van der Waals surface area contributed by atoms with Gasteiger partial charge >= 0.3 is 11.9 Å². The zero-order valence-electron chi connectivity index (χ0n) is 12.8. The standard InChI is InChI=1S/C14H22O7S2/c15-11(3-1-5-13(17)22)20-9-7-19-8-10-21-12(16)4-2-6-14(18)23/h1-10H2,(H,17,22)(H,18,23). The second-order valence-corrected chi connectivity index (χ2v) is 5.55. The van der Waals surface area contributed by atoms with Gasteiger partial charge in [0, 0.05) is 25.7 Å². The van der Waals surface area contributed by atoms with E-state index in [0.29, 0.717) is 12.8 Å². The van der Waals surface area contributed by atoms with Crippen LogP contribution in [0, 0.1) is 0 Å². The van der Waals surface area contributed by atoms with E-state index in [-0.39, 0.29) is 62.3 Å². The first kappa shape index (κ1) is 21.9. The van der Waals surface area contributed by atoms with Crippen molar-refractivity contribution in [2.75, 3.05) is 26.4 Å². The highest BCUT2D eigenvalue weighted by Gasteiger charge is 2.05. The van der Waals surface area contributed by atoms with Gasteiger partial charge < -0.3 is 14.2 Å². The minimum absolute atomic E-state index is 0.103. The molecule has 0 N–H and O–H groups in total. The van der Waals surface area contributed by atoms with E-state index >= 15 is 0 Å². The van der Waals surface area contributed by atoms with Gasteiger partial charge in [-0.05, 0) is 12.8 Å². The summed E-state index contributed by atoms with van der Waals surface area (Å²) in [5.74, 6) is -0.790. The van der Waals surface area contributed by atoms with Crippen LogP contribution in [0.15, 0.2) is 0 Å². The average Bonchev–Trinajstić information content (AvgIpc) is 2.45. The third-order valence-electron chi connectivity index (χ3n) is 2.52. The second-order valence-electron chi connectivity index (χ2n) is 4.55. The summed E-state index contributed by atoms with van der Waals surface area (Å²) in [6.07, 6.45) is 1.63. The second kappa shape index (κ2) is 14.5. The number of thiol groups is 2. The van der Waals surface area contributed by atoms with Crippen molar-refractivity contribution in [1.29, 1.82) is 0 Å². The van der Waals surface area contributed by atoms with Gasteiger partial charge in [-0.25, -0.2) is 0 Å². The van der Waals surface area contributed by atoms with Gasteiger partial charge in [-0.2, -0.15) is 0 Å². The molecule has 0 radical (unpaired) electrons. The molecule has 132 valence electrons. The maximum atomic E-state index is 11.2. The van der Waals surface area contributed by atoms with Gasteiger partial charge in [-0.1, -0.05) is 0 Å². The molecular formula is C14H22O7S2. The normalized spacial score (nSPS) is 10.2. The fraction of sp³-hybridized carbons (Fsp3) is 0.714. The Morgan fingerprint density at radius 2 is 1.00 bits per heavy atom. The number of hydrogen-bond acceptors (Lipinski definition) is 7. The third-order valence-corrected chi connectivity index (χ3v) is 2.97. The molecule has 0 saturated carbocycles. The predicted octanol–water partition coefficient (Wildman–Crippen LogP) is 1.34. The quantitative estimate of drug-likeness (QED) is 0.272. The van der Waals surface area contributed by atoms with Gasteiger partial charge in [0.25, 0.3) is 0 Å². The van der Waals surface area contributed by atoms with E-state index in [2.05, 4.69) is 25.3 Å². The van der Waals surface area contributed by atoms with E-state index in [4.69, 9.17) is 14.2 Å². The van der Waals surface area contributed by atoms with Gasteiger partial charge in [0.05, 0.1) is 13.2 Å². The molecule has 0 aromatic rings. The van der Waals surface area contributed by atoms with Crippen LogP contribution in [0.25, 0.3) is 0 Å². The van der Waals surface area contributed by atoms with Crippen LogP contribution in [0.4, 0.5) is 0 Å². The Morgan fingerprint density at radius 3 is 1.35 bits per heavy atom. The summed E-state index contributed by atoms with van der Waals surface area (Å²) in [5, 5.41) is -0.513. The molecule has 0 heterocycles. The molecule has 0 saturated heterocycles. The molecule has 0 aliphatic rings. The Kier molecular flexibility index (Phi) is 13.9. The monoisotopic (exact) mass is 366 g/mol. The Labute approximate surface area is 146 Å². The van der Waals surface area contributed by atoms with Crippen molar-refractivity contribution in [3.8, 4) is 0 Å². The molecule has 0 fully saturated rings. The molecule has 0 bridgehead atoms. The van der Waals surface area contributed by atoms with Crippen molar-refractivity contribution < 1.29 is 33.4 Å². The third kappa shape index (κ3) is 17.1. The van der Waals surface area contributed by atoms with Crippen LogP contribution in [-0.2, 0) is 33.4 Å². The lowest BCUT2D eigenvalue weighted by Gasteiger charge is -2.07. The summed E-state index contributed by atoms with van der Waals surface area (Å²) in [5.41, 5.74) is 0. The molecule has 7 nitrogen and oxygen atoms in total. The fourth-order valence-corrected chi connectivity index (χ4v) is 1.76. The van der Waals surface area contributed by atoms with Crippen LogP contribution in [0.2, 0.25) is 0 Å². The lowest BCUT2D eigenvalue weighted by atomic mass is 10.2. The Bertz CT molecular complexity index is 363. The van der Waals surface area contributed by atoms with Gasteiger partial charge in [0.2, 0.25) is 0 Å². The van der Waals surface area contributed by atoms with Crippen LogP contribution >= 0.6 is 25.3 Å². The molecule has 0 atom stereocenters. The zero-order chi connectivity index (χ0) is 17.5. The molecule has 0 unspecified atom stereocenters. The molecule has 0 aromatic heterocycles. The minimum Gasteiger partial charge on any atom is -0.463 e. The van der Waals surface area contributed by atoms with Crippen LogP contribution in [-0.4, -0.2) is 48.6 Å². The number of carbonyl (C=O) groups is 4. The topological polar surface area (TPSA) is 96.0 Å². The highest BCUT2D eigenvalue weighted by Crippen LogP contribution is 2.01. The summed E-state index contributed by atoms with van der Waals surface area (Å²) in [6.45, 7) is 0.600. The van der Waals surface area contributed by atoms with Crippen LogP contribution in [0.5, 0.6) is 0 Å². The van der Waals surface area contributed by atoms with Gasteiger partial charge in [0.15, 0.2) is 10.2 Å². The van der Waals surface area contributed by atoms with E-state index in [1.165, 1.54) is 0 Å². The number of ether oxygens (including phenoxy) is 3. The van der Waals surface area contributed by atoms with Gasteiger partial charge in [0.1, 0.15) is 13.2 Å². The van der Waals surface area contributed by atoms with Crippen LogP contribution in [0.3, 0.4) is 0 Å². The summed E-state index contributed by atoms with van der Waals surface area (Å²) < 4.78 is 14.9. The molecule has 9 heteroatoms. The van der Waals surface area contributed by atoms with Crippen LogP contribution in [0.1, 0.15) is 38.5 Å².